The Morgan fingerprint density at radius 3 is 2.33 bits per heavy atom. The van der Waals surface area contributed by atoms with Gasteiger partial charge in [0.05, 0.1) is 6.10 Å². The van der Waals surface area contributed by atoms with Crippen LogP contribution in [0.1, 0.15) is 66.2 Å². The summed E-state index contributed by atoms with van der Waals surface area (Å²) in [5.74, 6) is 0.604. The van der Waals surface area contributed by atoms with E-state index in [0.717, 1.165) is 32.1 Å². The van der Waals surface area contributed by atoms with Crippen LogP contribution in [0, 0.1) is 11.3 Å². The zero-order valence-corrected chi connectivity index (χ0v) is 12.3. The zero-order valence-electron chi connectivity index (χ0n) is 12.3. The number of amides is 1. The van der Waals surface area contributed by atoms with E-state index < -0.39 is 0 Å². The van der Waals surface area contributed by atoms with E-state index in [9.17, 15) is 9.90 Å². The summed E-state index contributed by atoms with van der Waals surface area (Å²) in [6.07, 6.45) is 5.02. The summed E-state index contributed by atoms with van der Waals surface area (Å²) in [5, 5.41) is 12.5. The molecule has 1 fully saturated rings. The quantitative estimate of drug-likeness (QED) is 0.811. The van der Waals surface area contributed by atoms with Crippen molar-refractivity contribution in [2.45, 2.75) is 78.4 Å². The van der Waals surface area contributed by atoms with Crippen LogP contribution in [0.5, 0.6) is 0 Å². The van der Waals surface area contributed by atoms with E-state index in [4.69, 9.17) is 0 Å². The summed E-state index contributed by atoms with van der Waals surface area (Å²) in [5.41, 5.74) is 0.286. The van der Waals surface area contributed by atoms with Gasteiger partial charge in [0, 0.05) is 12.5 Å². The number of aliphatic hydroxyl groups excluding tert-OH is 1. The van der Waals surface area contributed by atoms with Crippen LogP contribution in [0.3, 0.4) is 0 Å². The van der Waals surface area contributed by atoms with Crippen molar-refractivity contribution in [3.8, 4) is 0 Å². The van der Waals surface area contributed by atoms with Gasteiger partial charge in [-0.25, -0.2) is 0 Å². The molecule has 0 aromatic rings. The van der Waals surface area contributed by atoms with E-state index in [1.807, 2.05) is 0 Å². The predicted octanol–water partition coefficient (Wildman–Crippen LogP) is 2.87. The third-order valence-corrected chi connectivity index (χ3v) is 3.56. The number of carbonyl (C=O) groups is 1. The van der Waals surface area contributed by atoms with E-state index >= 15 is 0 Å². The Balaban J connectivity index is 2.25. The largest absolute Gasteiger partial charge is 0.393 e. The van der Waals surface area contributed by atoms with Crippen LogP contribution in [-0.4, -0.2) is 23.2 Å². The number of aliphatic hydroxyl groups is 1. The van der Waals surface area contributed by atoms with Crippen molar-refractivity contribution in [3.05, 3.63) is 0 Å². The number of hydrogen-bond acceptors (Lipinski definition) is 2. The fraction of sp³-hybridized carbons (Fsp3) is 0.933. The van der Waals surface area contributed by atoms with Crippen LogP contribution in [0.25, 0.3) is 0 Å². The molecule has 0 heterocycles. The summed E-state index contributed by atoms with van der Waals surface area (Å²) < 4.78 is 0. The highest BCUT2D eigenvalue weighted by Crippen LogP contribution is 2.26. The van der Waals surface area contributed by atoms with E-state index in [1.165, 1.54) is 0 Å². The standard InChI is InChI=1S/C15H29NO2/c1-11(10-15(2,3)4)9-14(18)16-12-5-7-13(17)8-6-12/h11-13,17H,5-10H2,1-4H3,(H,16,18). The smallest absolute Gasteiger partial charge is 0.220 e. The molecule has 0 aliphatic heterocycles. The summed E-state index contributed by atoms with van der Waals surface area (Å²) in [6.45, 7) is 8.78. The van der Waals surface area contributed by atoms with Crippen LogP contribution in [0.15, 0.2) is 0 Å². The molecule has 1 amide bonds. The van der Waals surface area contributed by atoms with Gasteiger partial charge < -0.3 is 10.4 Å². The molecule has 0 aromatic carbocycles. The van der Waals surface area contributed by atoms with Gasteiger partial charge >= 0.3 is 0 Å². The Bertz CT molecular complexity index is 262. The normalized spacial score (nSPS) is 26.7. The van der Waals surface area contributed by atoms with Crippen LogP contribution >= 0.6 is 0 Å². The van der Waals surface area contributed by atoms with E-state index in [2.05, 4.69) is 33.0 Å². The van der Waals surface area contributed by atoms with Crippen LogP contribution < -0.4 is 5.32 Å². The fourth-order valence-corrected chi connectivity index (χ4v) is 2.94. The lowest BCUT2D eigenvalue weighted by Gasteiger charge is -2.27. The fourth-order valence-electron chi connectivity index (χ4n) is 2.94. The summed E-state index contributed by atoms with van der Waals surface area (Å²) >= 11 is 0. The van der Waals surface area contributed by atoms with Gasteiger partial charge in [-0.2, -0.15) is 0 Å². The Morgan fingerprint density at radius 1 is 1.28 bits per heavy atom. The second kappa shape index (κ2) is 6.55. The van der Waals surface area contributed by atoms with Crippen molar-refractivity contribution in [3.63, 3.8) is 0 Å². The van der Waals surface area contributed by atoms with Crippen molar-refractivity contribution in [2.75, 3.05) is 0 Å². The Kier molecular flexibility index (Phi) is 5.64. The molecule has 3 nitrogen and oxygen atoms in total. The molecule has 1 aliphatic carbocycles. The Hall–Kier alpha value is -0.570. The molecule has 1 unspecified atom stereocenters. The van der Waals surface area contributed by atoms with Gasteiger partial charge in [0.15, 0.2) is 0 Å². The molecule has 1 atom stereocenters. The van der Waals surface area contributed by atoms with Gasteiger partial charge in [-0.1, -0.05) is 27.7 Å². The molecule has 0 spiro atoms. The van der Waals surface area contributed by atoms with Gasteiger partial charge in [-0.3, -0.25) is 4.79 Å². The molecule has 1 aliphatic rings. The second-order valence-corrected chi connectivity index (χ2v) is 7.15. The summed E-state index contributed by atoms with van der Waals surface area (Å²) in [7, 11) is 0. The first-order chi connectivity index (χ1) is 8.26. The number of carbonyl (C=O) groups excluding carboxylic acids is 1. The lowest BCUT2D eigenvalue weighted by molar-refractivity contribution is -0.123. The maximum atomic E-state index is 11.9. The van der Waals surface area contributed by atoms with Crippen molar-refractivity contribution >= 4 is 5.91 Å². The molecule has 3 heteroatoms. The number of nitrogens with one attached hydrogen (secondary N) is 1. The first kappa shape index (κ1) is 15.5. The predicted molar refractivity (Wildman–Crippen MR) is 74.3 cm³/mol. The van der Waals surface area contributed by atoms with E-state index in [1.54, 1.807) is 0 Å². The molecule has 106 valence electrons. The van der Waals surface area contributed by atoms with Crippen molar-refractivity contribution in [2.24, 2.45) is 11.3 Å². The van der Waals surface area contributed by atoms with Crippen molar-refractivity contribution in [1.82, 2.24) is 5.32 Å². The third kappa shape index (κ3) is 6.39. The molecule has 18 heavy (non-hydrogen) atoms. The zero-order chi connectivity index (χ0) is 13.8. The Labute approximate surface area is 111 Å². The molecule has 0 bridgehead atoms. The molecule has 1 saturated carbocycles. The molecule has 0 aromatic heterocycles. The molecule has 1 rings (SSSR count). The van der Waals surface area contributed by atoms with Gasteiger partial charge in [-0.05, 0) is 43.4 Å². The number of hydrogen-bond donors (Lipinski definition) is 2. The highest BCUT2D eigenvalue weighted by atomic mass is 16.3. The SMILES string of the molecule is CC(CC(=O)NC1CCC(O)CC1)CC(C)(C)C. The van der Waals surface area contributed by atoms with Gasteiger partial charge in [-0.15, -0.1) is 0 Å². The highest BCUT2D eigenvalue weighted by molar-refractivity contribution is 5.76. The van der Waals surface area contributed by atoms with Crippen LogP contribution in [0.2, 0.25) is 0 Å². The highest BCUT2D eigenvalue weighted by Gasteiger charge is 2.22. The Morgan fingerprint density at radius 2 is 1.83 bits per heavy atom. The minimum Gasteiger partial charge on any atom is -0.393 e. The first-order valence-corrected chi connectivity index (χ1v) is 7.23. The maximum absolute atomic E-state index is 11.9. The minimum atomic E-state index is -0.155. The van der Waals surface area contributed by atoms with Gasteiger partial charge in [0.2, 0.25) is 5.91 Å². The van der Waals surface area contributed by atoms with E-state index in [0.29, 0.717) is 12.3 Å². The summed E-state index contributed by atoms with van der Waals surface area (Å²) in [6, 6.07) is 0.280. The maximum Gasteiger partial charge on any atom is 0.220 e. The van der Waals surface area contributed by atoms with Crippen molar-refractivity contribution < 1.29 is 9.90 Å². The van der Waals surface area contributed by atoms with Crippen LogP contribution in [-0.2, 0) is 4.79 Å². The first-order valence-electron chi connectivity index (χ1n) is 7.23. The average Bonchev–Trinajstić information content (AvgIpc) is 2.18. The lowest BCUT2D eigenvalue weighted by atomic mass is 9.84. The second-order valence-electron chi connectivity index (χ2n) is 7.15. The molecule has 0 saturated heterocycles. The topological polar surface area (TPSA) is 49.3 Å². The van der Waals surface area contributed by atoms with E-state index in [-0.39, 0.29) is 23.5 Å². The lowest BCUT2D eigenvalue weighted by Crippen LogP contribution is -2.39. The molecular formula is C15H29NO2. The van der Waals surface area contributed by atoms with Gasteiger partial charge in [0.1, 0.15) is 0 Å². The average molecular weight is 255 g/mol. The molecular weight excluding hydrogens is 226 g/mol. The third-order valence-electron chi connectivity index (χ3n) is 3.56. The monoisotopic (exact) mass is 255 g/mol. The summed E-state index contributed by atoms with van der Waals surface area (Å²) in [4.78, 5) is 11.9. The minimum absolute atomic E-state index is 0.155. The molecule has 2 N–H and O–H groups in total. The molecule has 0 radical (unpaired) electrons. The van der Waals surface area contributed by atoms with Crippen LogP contribution in [0.4, 0.5) is 0 Å². The number of rotatable bonds is 4. The van der Waals surface area contributed by atoms with Gasteiger partial charge in [0.25, 0.3) is 0 Å². The van der Waals surface area contributed by atoms with Crippen molar-refractivity contribution in [1.29, 1.82) is 0 Å².